The summed E-state index contributed by atoms with van der Waals surface area (Å²) in [7, 11) is 0. The summed E-state index contributed by atoms with van der Waals surface area (Å²) in [6, 6.07) is 8.01. The van der Waals surface area contributed by atoms with E-state index >= 15 is 0 Å². The number of fused-ring (bicyclic) bond motifs is 1. The lowest BCUT2D eigenvalue weighted by atomic mass is 10.2. The quantitative estimate of drug-likeness (QED) is 0.758. The largest absolute Gasteiger partial charge is 0.464 e. The molecule has 1 heterocycles. The first kappa shape index (κ1) is 11.2. The van der Waals surface area contributed by atoms with Crippen LogP contribution < -0.4 is 5.32 Å². The first-order valence-corrected chi connectivity index (χ1v) is 5.61. The summed E-state index contributed by atoms with van der Waals surface area (Å²) in [5, 5.41) is 13.6. The third kappa shape index (κ3) is 2.62. The second-order valence-electron chi connectivity index (χ2n) is 4.07. The van der Waals surface area contributed by atoms with Gasteiger partial charge in [-0.15, -0.1) is 0 Å². The number of nitrogens with one attached hydrogen (secondary N) is 1. The van der Waals surface area contributed by atoms with Crippen LogP contribution in [0.25, 0.3) is 11.0 Å². The van der Waals surface area contributed by atoms with E-state index < -0.39 is 0 Å². The van der Waals surface area contributed by atoms with Crippen LogP contribution in [0.2, 0.25) is 0 Å². The standard InChI is InChI=1S/C13H17NO2/c1-10(15)6-7-14-8-11-9-16-13-5-3-2-4-12(11)13/h2-5,9-10,14-15H,6-8H2,1H3. The lowest BCUT2D eigenvalue weighted by Gasteiger charge is -2.05. The van der Waals surface area contributed by atoms with Gasteiger partial charge in [-0.1, -0.05) is 18.2 Å². The minimum Gasteiger partial charge on any atom is -0.464 e. The van der Waals surface area contributed by atoms with Gasteiger partial charge in [-0.05, 0) is 26.0 Å². The van der Waals surface area contributed by atoms with Crippen LogP contribution in [-0.2, 0) is 6.54 Å². The Morgan fingerprint density at radius 1 is 1.38 bits per heavy atom. The molecule has 0 saturated carbocycles. The first-order valence-electron chi connectivity index (χ1n) is 5.61. The van der Waals surface area contributed by atoms with E-state index in [1.54, 1.807) is 13.2 Å². The van der Waals surface area contributed by atoms with E-state index in [1.165, 1.54) is 5.56 Å². The van der Waals surface area contributed by atoms with Crippen LogP contribution in [-0.4, -0.2) is 17.8 Å². The van der Waals surface area contributed by atoms with Gasteiger partial charge in [-0.2, -0.15) is 0 Å². The molecule has 0 saturated heterocycles. The van der Waals surface area contributed by atoms with Crippen molar-refractivity contribution in [3.8, 4) is 0 Å². The Hall–Kier alpha value is -1.32. The predicted octanol–water partition coefficient (Wildman–Crippen LogP) is 2.29. The zero-order valence-corrected chi connectivity index (χ0v) is 9.44. The van der Waals surface area contributed by atoms with Crippen LogP contribution >= 0.6 is 0 Å². The van der Waals surface area contributed by atoms with Crippen molar-refractivity contribution < 1.29 is 9.52 Å². The van der Waals surface area contributed by atoms with Crippen molar-refractivity contribution in [2.24, 2.45) is 0 Å². The van der Waals surface area contributed by atoms with E-state index in [9.17, 15) is 0 Å². The molecule has 0 aliphatic heterocycles. The van der Waals surface area contributed by atoms with Crippen molar-refractivity contribution in [3.05, 3.63) is 36.1 Å². The number of para-hydroxylation sites is 1. The minimum atomic E-state index is -0.242. The van der Waals surface area contributed by atoms with E-state index in [0.717, 1.165) is 30.5 Å². The molecule has 16 heavy (non-hydrogen) atoms. The van der Waals surface area contributed by atoms with Gasteiger partial charge in [-0.3, -0.25) is 0 Å². The predicted molar refractivity (Wildman–Crippen MR) is 64.2 cm³/mol. The van der Waals surface area contributed by atoms with Crippen LogP contribution in [0.5, 0.6) is 0 Å². The number of rotatable bonds is 5. The first-order chi connectivity index (χ1) is 7.77. The highest BCUT2D eigenvalue weighted by atomic mass is 16.3. The molecule has 2 N–H and O–H groups in total. The zero-order valence-electron chi connectivity index (χ0n) is 9.44. The fourth-order valence-corrected chi connectivity index (χ4v) is 1.70. The van der Waals surface area contributed by atoms with E-state index in [4.69, 9.17) is 9.52 Å². The summed E-state index contributed by atoms with van der Waals surface area (Å²) in [6.45, 7) is 3.40. The minimum absolute atomic E-state index is 0.242. The van der Waals surface area contributed by atoms with E-state index in [-0.39, 0.29) is 6.10 Å². The molecule has 3 heteroatoms. The van der Waals surface area contributed by atoms with Gasteiger partial charge < -0.3 is 14.8 Å². The smallest absolute Gasteiger partial charge is 0.134 e. The fraction of sp³-hybridized carbons (Fsp3) is 0.385. The number of benzene rings is 1. The van der Waals surface area contributed by atoms with E-state index in [1.807, 2.05) is 18.2 Å². The Morgan fingerprint density at radius 2 is 2.19 bits per heavy atom. The van der Waals surface area contributed by atoms with Gasteiger partial charge in [0.15, 0.2) is 0 Å². The molecule has 0 aliphatic carbocycles. The van der Waals surface area contributed by atoms with Crippen molar-refractivity contribution in [2.75, 3.05) is 6.54 Å². The molecular weight excluding hydrogens is 202 g/mol. The van der Waals surface area contributed by atoms with Gasteiger partial charge in [-0.25, -0.2) is 0 Å². The topological polar surface area (TPSA) is 45.4 Å². The van der Waals surface area contributed by atoms with Crippen LogP contribution in [0.1, 0.15) is 18.9 Å². The lowest BCUT2D eigenvalue weighted by molar-refractivity contribution is 0.183. The average molecular weight is 219 g/mol. The Bertz CT molecular complexity index is 448. The fourth-order valence-electron chi connectivity index (χ4n) is 1.70. The molecule has 2 rings (SSSR count). The molecule has 0 spiro atoms. The molecule has 0 bridgehead atoms. The maximum absolute atomic E-state index is 9.12. The van der Waals surface area contributed by atoms with E-state index in [2.05, 4.69) is 11.4 Å². The van der Waals surface area contributed by atoms with Crippen LogP contribution in [0, 0.1) is 0 Å². The Balaban J connectivity index is 1.94. The van der Waals surface area contributed by atoms with E-state index in [0.29, 0.717) is 0 Å². The molecule has 0 fully saturated rings. The second-order valence-corrected chi connectivity index (χ2v) is 4.07. The van der Waals surface area contributed by atoms with Gasteiger partial charge >= 0.3 is 0 Å². The maximum atomic E-state index is 9.12. The third-order valence-corrected chi connectivity index (χ3v) is 2.62. The Labute approximate surface area is 95.1 Å². The molecular formula is C13H17NO2. The number of hydrogen-bond donors (Lipinski definition) is 2. The number of aliphatic hydroxyl groups is 1. The van der Waals surface area contributed by atoms with Gasteiger partial charge in [0.1, 0.15) is 5.58 Å². The SMILES string of the molecule is CC(O)CCNCc1coc2ccccc12. The molecule has 86 valence electrons. The highest BCUT2D eigenvalue weighted by Crippen LogP contribution is 2.20. The molecule has 0 amide bonds. The molecule has 1 aromatic carbocycles. The molecule has 1 atom stereocenters. The maximum Gasteiger partial charge on any atom is 0.134 e. The highest BCUT2D eigenvalue weighted by molar-refractivity contribution is 5.80. The summed E-state index contributed by atoms with van der Waals surface area (Å²) >= 11 is 0. The zero-order chi connectivity index (χ0) is 11.4. The van der Waals surface area contributed by atoms with Crippen LogP contribution in [0.15, 0.2) is 34.9 Å². The van der Waals surface area contributed by atoms with Gasteiger partial charge in [0.05, 0.1) is 12.4 Å². The molecule has 0 radical (unpaired) electrons. The second kappa shape index (κ2) is 5.14. The molecule has 2 aromatic rings. The monoisotopic (exact) mass is 219 g/mol. The van der Waals surface area contributed by atoms with Gasteiger partial charge in [0.2, 0.25) is 0 Å². The summed E-state index contributed by atoms with van der Waals surface area (Å²) in [4.78, 5) is 0. The van der Waals surface area contributed by atoms with Crippen LogP contribution in [0.3, 0.4) is 0 Å². The van der Waals surface area contributed by atoms with Crippen molar-refractivity contribution in [2.45, 2.75) is 26.0 Å². The average Bonchev–Trinajstić information content (AvgIpc) is 2.68. The number of aliphatic hydroxyl groups excluding tert-OH is 1. The van der Waals surface area contributed by atoms with Crippen molar-refractivity contribution in [1.82, 2.24) is 5.32 Å². The summed E-state index contributed by atoms with van der Waals surface area (Å²) in [5.74, 6) is 0. The molecule has 1 aromatic heterocycles. The Morgan fingerprint density at radius 3 is 3.00 bits per heavy atom. The van der Waals surface area contributed by atoms with Crippen molar-refractivity contribution in [3.63, 3.8) is 0 Å². The van der Waals surface area contributed by atoms with Crippen molar-refractivity contribution in [1.29, 1.82) is 0 Å². The van der Waals surface area contributed by atoms with Crippen molar-refractivity contribution >= 4 is 11.0 Å². The molecule has 1 unspecified atom stereocenters. The highest BCUT2D eigenvalue weighted by Gasteiger charge is 2.04. The normalized spacial score (nSPS) is 13.1. The number of furan rings is 1. The van der Waals surface area contributed by atoms with Crippen LogP contribution in [0.4, 0.5) is 0 Å². The van der Waals surface area contributed by atoms with Gasteiger partial charge in [0.25, 0.3) is 0 Å². The lowest BCUT2D eigenvalue weighted by Crippen LogP contribution is -2.18. The van der Waals surface area contributed by atoms with Gasteiger partial charge in [0, 0.05) is 17.5 Å². The Kier molecular flexibility index (Phi) is 3.59. The third-order valence-electron chi connectivity index (χ3n) is 2.62. The summed E-state index contributed by atoms with van der Waals surface area (Å²) in [6.07, 6.45) is 2.32. The summed E-state index contributed by atoms with van der Waals surface area (Å²) in [5.41, 5.74) is 2.09. The molecule has 3 nitrogen and oxygen atoms in total. The molecule has 0 aliphatic rings. The summed E-state index contributed by atoms with van der Waals surface area (Å²) < 4.78 is 5.44. The number of hydrogen-bond acceptors (Lipinski definition) is 3.